The summed E-state index contributed by atoms with van der Waals surface area (Å²) in [5.74, 6) is 1.55. The second kappa shape index (κ2) is 5.28. The summed E-state index contributed by atoms with van der Waals surface area (Å²) in [5, 5.41) is 11.1. The van der Waals surface area contributed by atoms with Gasteiger partial charge in [-0.15, -0.1) is 10.2 Å². The first kappa shape index (κ1) is 10.6. The molecule has 1 aromatic rings. The Hall–Kier alpha value is -0.870. The van der Waals surface area contributed by atoms with Gasteiger partial charge in [-0.05, 0) is 30.9 Å². The van der Waals surface area contributed by atoms with Crippen molar-refractivity contribution < 1.29 is 4.74 Å². The number of ether oxygens (including phenoxy) is 1. The molecule has 1 aliphatic rings. The van der Waals surface area contributed by atoms with Gasteiger partial charge in [0.1, 0.15) is 5.82 Å². The van der Waals surface area contributed by atoms with E-state index in [1.54, 1.807) is 12.1 Å². The molecule has 15 heavy (non-hydrogen) atoms. The summed E-state index contributed by atoms with van der Waals surface area (Å²) in [7, 11) is 0. The van der Waals surface area contributed by atoms with E-state index in [2.05, 4.69) is 15.5 Å². The maximum atomic E-state index is 5.61. The third-order valence-electron chi connectivity index (χ3n) is 2.23. The molecule has 4 nitrogen and oxygen atoms in total. The van der Waals surface area contributed by atoms with Gasteiger partial charge in [0.2, 0.25) is 0 Å². The van der Waals surface area contributed by atoms with E-state index < -0.39 is 0 Å². The molecule has 1 aromatic heterocycles. The van der Waals surface area contributed by atoms with Crippen molar-refractivity contribution in [2.75, 3.05) is 25.1 Å². The molecule has 0 radical (unpaired) electrons. The number of aromatic nitrogens is 2. The number of nitrogens with zero attached hydrogens (tertiary/aromatic N) is 2. The molecule has 82 valence electrons. The van der Waals surface area contributed by atoms with E-state index in [4.69, 9.17) is 16.3 Å². The zero-order valence-corrected chi connectivity index (χ0v) is 9.20. The van der Waals surface area contributed by atoms with Crippen LogP contribution in [0, 0.1) is 5.92 Å². The van der Waals surface area contributed by atoms with E-state index in [9.17, 15) is 0 Å². The first-order valence-corrected chi connectivity index (χ1v) is 5.53. The number of hydrogen-bond donors (Lipinski definition) is 1. The normalized spacial score (nSPS) is 15.3. The largest absolute Gasteiger partial charge is 0.379 e. The SMILES string of the molecule is Clc1ccc(NCCOCC2CC2)nn1. The van der Waals surface area contributed by atoms with E-state index >= 15 is 0 Å². The van der Waals surface area contributed by atoms with Crippen LogP contribution in [0.3, 0.4) is 0 Å². The van der Waals surface area contributed by atoms with Crippen molar-refractivity contribution in [3.05, 3.63) is 17.3 Å². The van der Waals surface area contributed by atoms with Crippen LogP contribution in [-0.2, 0) is 4.74 Å². The molecule has 0 aromatic carbocycles. The van der Waals surface area contributed by atoms with Gasteiger partial charge < -0.3 is 10.1 Å². The average molecular weight is 228 g/mol. The van der Waals surface area contributed by atoms with Crippen molar-refractivity contribution in [3.63, 3.8) is 0 Å². The molecule has 0 saturated heterocycles. The van der Waals surface area contributed by atoms with Crippen LogP contribution >= 0.6 is 11.6 Å². The van der Waals surface area contributed by atoms with Gasteiger partial charge in [-0.1, -0.05) is 11.6 Å². The molecule has 0 unspecified atom stereocenters. The van der Waals surface area contributed by atoms with Crippen LogP contribution in [0.1, 0.15) is 12.8 Å². The average Bonchev–Trinajstić information content (AvgIpc) is 3.04. The molecule has 1 N–H and O–H groups in total. The molecule has 0 aliphatic heterocycles. The van der Waals surface area contributed by atoms with Crippen LogP contribution in [0.25, 0.3) is 0 Å². The lowest BCUT2D eigenvalue weighted by Gasteiger charge is -2.05. The molecule has 0 spiro atoms. The van der Waals surface area contributed by atoms with E-state index in [1.807, 2.05) is 0 Å². The Labute approximate surface area is 94.0 Å². The lowest BCUT2D eigenvalue weighted by molar-refractivity contribution is 0.134. The van der Waals surface area contributed by atoms with Crippen LogP contribution in [0.4, 0.5) is 5.82 Å². The van der Waals surface area contributed by atoms with Crippen molar-refractivity contribution >= 4 is 17.4 Å². The van der Waals surface area contributed by atoms with Crippen molar-refractivity contribution in [2.24, 2.45) is 5.92 Å². The molecule has 5 heteroatoms. The smallest absolute Gasteiger partial charge is 0.151 e. The van der Waals surface area contributed by atoms with Crippen LogP contribution in [0.5, 0.6) is 0 Å². The Morgan fingerprint density at radius 2 is 2.27 bits per heavy atom. The highest BCUT2D eigenvalue weighted by molar-refractivity contribution is 6.29. The van der Waals surface area contributed by atoms with Gasteiger partial charge in [0.25, 0.3) is 0 Å². The van der Waals surface area contributed by atoms with Gasteiger partial charge in [0.15, 0.2) is 5.15 Å². The monoisotopic (exact) mass is 227 g/mol. The van der Waals surface area contributed by atoms with Crippen LogP contribution in [0.15, 0.2) is 12.1 Å². The highest BCUT2D eigenvalue weighted by atomic mass is 35.5. The summed E-state index contributed by atoms with van der Waals surface area (Å²) in [6.07, 6.45) is 2.66. The highest BCUT2D eigenvalue weighted by Gasteiger charge is 2.20. The van der Waals surface area contributed by atoms with Crippen LogP contribution in [0.2, 0.25) is 5.15 Å². The van der Waals surface area contributed by atoms with Gasteiger partial charge in [0.05, 0.1) is 6.61 Å². The molecule has 0 amide bonds. The molecule has 0 atom stereocenters. The van der Waals surface area contributed by atoms with Gasteiger partial charge >= 0.3 is 0 Å². The van der Waals surface area contributed by atoms with Crippen LogP contribution < -0.4 is 5.32 Å². The van der Waals surface area contributed by atoms with Gasteiger partial charge in [-0.2, -0.15) is 0 Å². The van der Waals surface area contributed by atoms with Crippen molar-refractivity contribution in [2.45, 2.75) is 12.8 Å². The van der Waals surface area contributed by atoms with Gasteiger partial charge in [-0.3, -0.25) is 0 Å². The first-order valence-electron chi connectivity index (χ1n) is 5.15. The third kappa shape index (κ3) is 4.01. The number of nitrogens with one attached hydrogen (secondary N) is 1. The fraction of sp³-hybridized carbons (Fsp3) is 0.600. The van der Waals surface area contributed by atoms with Crippen LogP contribution in [-0.4, -0.2) is 30.0 Å². The summed E-state index contributed by atoms with van der Waals surface area (Å²) in [4.78, 5) is 0. The summed E-state index contributed by atoms with van der Waals surface area (Å²) in [6.45, 7) is 2.36. The quantitative estimate of drug-likeness (QED) is 0.755. The van der Waals surface area contributed by atoms with E-state index in [0.717, 1.165) is 24.9 Å². The number of hydrogen-bond acceptors (Lipinski definition) is 4. The molecule has 1 aliphatic carbocycles. The summed E-state index contributed by atoms with van der Waals surface area (Å²) < 4.78 is 5.47. The Balaban J connectivity index is 1.58. The number of halogens is 1. The maximum Gasteiger partial charge on any atom is 0.151 e. The van der Waals surface area contributed by atoms with Gasteiger partial charge in [-0.25, -0.2) is 0 Å². The molecule has 1 fully saturated rings. The molecular formula is C10H14ClN3O. The van der Waals surface area contributed by atoms with Gasteiger partial charge in [0, 0.05) is 13.2 Å². The second-order valence-electron chi connectivity index (χ2n) is 3.69. The molecule has 0 bridgehead atoms. The fourth-order valence-corrected chi connectivity index (χ4v) is 1.30. The minimum absolute atomic E-state index is 0.408. The molecule has 1 heterocycles. The number of anilines is 1. The summed E-state index contributed by atoms with van der Waals surface area (Å²) >= 11 is 5.61. The van der Waals surface area contributed by atoms with Crippen molar-refractivity contribution in [3.8, 4) is 0 Å². The predicted molar refractivity (Wildman–Crippen MR) is 59.1 cm³/mol. The fourth-order valence-electron chi connectivity index (χ4n) is 1.20. The zero-order chi connectivity index (χ0) is 10.5. The lowest BCUT2D eigenvalue weighted by atomic mass is 10.5. The first-order chi connectivity index (χ1) is 7.34. The third-order valence-corrected chi connectivity index (χ3v) is 2.44. The minimum atomic E-state index is 0.408. The molecular weight excluding hydrogens is 214 g/mol. The topological polar surface area (TPSA) is 47.0 Å². The Bertz CT molecular complexity index is 300. The summed E-state index contributed by atoms with van der Waals surface area (Å²) in [5.41, 5.74) is 0. The van der Waals surface area contributed by atoms with E-state index in [-0.39, 0.29) is 0 Å². The number of rotatable bonds is 6. The lowest BCUT2D eigenvalue weighted by Crippen LogP contribution is -2.11. The zero-order valence-electron chi connectivity index (χ0n) is 8.45. The van der Waals surface area contributed by atoms with E-state index in [0.29, 0.717) is 11.8 Å². The van der Waals surface area contributed by atoms with Crippen molar-refractivity contribution in [1.82, 2.24) is 10.2 Å². The second-order valence-corrected chi connectivity index (χ2v) is 4.07. The van der Waals surface area contributed by atoms with E-state index in [1.165, 1.54) is 12.8 Å². The Morgan fingerprint density at radius 1 is 1.40 bits per heavy atom. The maximum absolute atomic E-state index is 5.61. The predicted octanol–water partition coefficient (Wildman–Crippen LogP) is 1.97. The highest BCUT2D eigenvalue weighted by Crippen LogP contribution is 2.28. The molecule has 2 rings (SSSR count). The molecule has 1 saturated carbocycles. The van der Waals surface area contributed by atoms with Crippen molar-refractivity contribution in [1.29, 1.82) is 0 Å². The standard InChI is InChI=1S/C10H14ClN3O/c11-9-3-4-10(14-13-9)12-5-6-15-7-8-1-2-8/h3-4,8H,1-2,5-7H2,(H,12,14). The minimum Gasteiger partial charge on any atom is -0.379 e. The summed E-state index contributed by atoms with van der Waals surface area (Å²) in [6, 6.07) is 3.51. The Morgan fingerprint density at radius 3 is 2.93 bits per heavy atom. The Kier molecular flexibility index (Phi) is 3.75.